The van der Waals surface area contributed by atoms with Crippen LogP contribution in [0.15, 0.2) is 12.7 Å². The van der Waals surface area contributed by atoms with Gasteiger partial charge in [0.1, 0.15) is 6.23 Å². The highest BCUT2D eigenvalue weighted by atomic mass is 28.4. The van der Waals surface area contributed by atoms with Crippen LogP contribution in [0.5, 0.6) is 0 Å². The molecule has 0 N–H and O–H groups in total. The summed E-state index contributed by atoms with van der Waals surface area (Å²) in [6.45, 7) is 11.6. The lowest BCUT2D eigenvalue weighted by Crippen LogP contribution is -2.50. The second-order valence-corrected chi connectivity index (χ2v) is 5.31. The molecule has 90 valence electrons. The van der Waals surface area contributed by atoms with E-state index in [1.54, 1.807) is 6.08 Å². The van der Waals surface area contributed by atoms with Gasteiger partial charge in [-0.3, -0.25) is 0 Å². The van der Waals surface area contributed by atoms with Gasteiger partial charge in [-0.15, -0.1) is 6.58 Å². The van der Waals surface area contributed by atoms with E-state index in [9.17, 15) is 0 Å². The minimum absolute atomic E-state index is 0.383. The zero-order valence-corrected chi connectivity index (χ0v) is 11.0. The summed E-state index contributed by atoms with van der Waals surface area (Å²) in [6, 6.07) is 0. The average Bonchev–Trinajstić information content (AvgIpc) is 2.19. The molecule has 0 bridgehead atoms. The lowest BCUT2D eigenvalue weighted by molar-refractivity contribution is 0.0355. The summed E-state index contributed by atoms with van der Waals surface area (Å²) < 4.78 is 22.2. The monoisotopic (exact) mass is 234 g/mol. The van der Waals surface area contributed by atoms with Crippen LogP contribution < -0.4 is 0 Å². The summed E-state index contributed by atoms with van der Waals surface area (Å²) in [7, 11) is -2.60. The SMILES string of the molecule is C=CCOC[Si](OCC)(OCC)OCC. The van der Waals surface area contributed by atoms with Crippen LogP contribution in [0.4, 0.5) is 0 Å². The Kier molecular flexibility index (Phi) is 8.93. The summed E-state index contributed by atoms with van der Waals surface area (Å²) in [5.74, 6) is 0. The van der Waals surface area contributed by atoms with Gasteiger partial charge in [-0.1, -0.05) is 6.08 Å². The Morgan fingerprint density at radius 3 is 1.80 bits per heavy atom. The van der Waals surface area contributed by atoms with Gasteiger partial charge in [0, 0.05) is 19.8 Å². The number of rotatable bonds is 10. The molecule has 0 aliphatic rings. The molecule has 5 heteroatoms. The molecule has 0 unspecified atom stereocenters. The molecule has 15 heavy (non-hydrogen) atoms. The fourth-order valence-corrected chi connectivity index (χ4v) is 3.36. The van der Waals surface area contributed by atoms with Crippen molar-refractivity contribution in [3.8, 4) is 0 Å². The molecule has 4 nitrogen and oxygen atoms in total. The minimum atomic E-state index is -2.60. The minimum Gasteiger partial charge on any atom is -0.373 e. The summed E-state index contributed by atoms with van der Waals surface area (Å²) in [4.78, 5) is 0. The molecule has 0 heterocycles. The van der Waals surface area contributed by atoms with E-state index in [2.05, 4.69) is 6.58 Å². The van der Waals surface area contributed by atoms with E-state index < -0.39 is 8.80 Å². The number of hydrogen-bond acceptors (Lipinski definition) is 4. The highest BCUT2D eigenvalue weighted by molar-refractivity contribution is 6.60. The van der Waals surface area contributed by atoms with Gasteiger partial charge in [-0.25, -0.2) is 0 Å². The summed E-state index contributed by atoms with van der Waals surface area (Å²) in [5, 5.41) is 0. The molecule has 0 fully saturated rings. The zero-order valence-electron chi connectivity index (χ0n) is 9.95. The third-order valence-electron chi connectivity index (χ3n) is 1.61. The summed E-state index contributed by atoms with van der Waals surface area (Å²) >= 11 is 0. The molecule has 0 atom stereocenters. The van der Waals surface area contributed by atoms with Crippen molar-refractivity contribution < 1.29 is 18.0 Å². The molecule has 0 amide bonds. The predicted octanol–water partition coefficient (Wildman–Crippen LogP) is 1.78. The van der Waals surface area contributed by atoms with Crippen LogP contribution in [0, 0.1) is 0 Å². The maximum Gasteiger partial charge on any atom is 0.528 e. The molecule has 0 saturated heterocycles. The fourth-order valence-electron chi connectivity index (χ4n) is 1.18. The quantitative estimate of drug-likeness (QED) is 0.328. The maximum absolute atomic E-state index is 5.59. The third kappa shape index (κ3) is 6.06. The van der Waals surface area contributed by atoms with Crippen LogP contribution in [0.2, 0.25) is 0 Å². The van der Waals surface area contributed by atoms with Gasteiger partial charge in [0.2, 0.25) is 0 Å². The Morgan fingerprint density at radius 2 is 1.47 bits per heavy atom. The van der Waals surface area contributed by atoms with Crippen LogP contribution in [-0.4, -0.2) is 41.5 Å². The molecule has 0 aromatic carbocycles. The van der Waals surface area contributed by atoms with Crippen molar-refractivity contribution in [2.75, 3.05) is 32.7 Å². The molecule has 0 aliphatic carbocycles. The highest BCUT2D eigenvalue weighted by Crippen LogP contribution is 2.10. The highest BCUT2D eigenvalue weighted by Gasteiger charge is 2.40. The first-order chi connectivity index (χ1) is 7.24. The first kappa shape index (κ1) is 14.8. The Hall–Kier alpha value is -0.203. The van der Waals surface area contributed by atoms with Crippen molar-refractivity contribution in [2.24, 2.45) is 0 Å². The van der Waals surface area contributed by atoms with Gasteiger partial charge < -0.3 is 18.0 Å². The van der Waals surface area contributed by atoms with Gasteiger partial charge >= 0.3 is 8.80 Å². The van der Waals surface area contributed by atoms with Gasteiger partial charge in [-0.05, 0) is 20.8 Å². The molecule has 0 spiro atoms. The Labute approximate surface area is 93.5 Å². The fraction of sp³-hybridized carbons (Fsp3) is 0.800. The average molecular weight is 234 g/mol. The Balaban J connectivity index is 4.24. The van der Waals surface area contributed by atoms with Crippen LogP contribution in [0.25, 0.3) is 0 Å². The van der Waals surface area contributed by atoms with Crippen molar-refractivity contribution in [1.82, 2.24) is 0 Å². The van der Waals surface area contributed by atoms with Gasteiger partial charge in [0.25, 0.3) is 0 Å². The molecule has 0 rings (SSSR count). The third-order valence-corrected chi connectivity index (χ3v) is 4.35. The van der Waals surface area contributed by atoms with Crippen molar-refractivity contribution in [3.63, 3.8) is 0 Å². The lowest BCUT2D eigenvalue weighted by Gasteiger charge is -2.27. The lowest BCUT2D eigenvalue weighted by atomic mass is 10.7. The molecule has 0 aromatic rings. The number of ether oxygens (including phenoxy) is 1. The molecular weight excluding hydrogens is 212 g/mol. The summed E-state index contributed by atoms with van der Waals surface area (Å²) in [5.41, 5.74) is 0. The van der Waals surface area contributed by atoms with Crippen LogP contribution >= 0.6 is 0 Å². The molecular formula is C10H22O4Si. The normalized spacial score (nSPS) is 11.7. The molecule has 0 aromatic heterocycles. The predicted molar refractivity (Wildman–Crippen MR) is 61.6 cm³/mol. The first-order valence-corrected chi connectivity index (χ1v) is 7.28. The van der Waals surface area contributed by atoms with Gasteiger partial charge in [0.05, 0.1) is 6.61 Å². The second-order valence-electron chi connectivity index (χ2n) is 2.79. The van der Waals surface area contributed by atoms with Crippen molar-refractivity contribution in [2.45, 2.75) is 20.8 Å². The van der Waals surface area contributed by atoms with Gasteiger partial charge in [-0.2, -0.15) is 0 Å². The van der Waals surface area contributed by atoms with Crippen molar-refractivity contribution in [1.29, 1.82) is 0 Å². The van der Waals surface area contributed by atoms with Crippen LogP contribution in [-0.2, 0) is 18.0 Å². The molecule has 0 saturated carbocycles. The Bertz CT molecular complexity index is 146. The molecule has 0 radical (unpaired) electrons. The van der Waals surface area contributed by atoms with Crippen molar-refractivity contribution >= 4 is 8.80 Å². The largest absolute Gasteiger partial charge is 0.528 e. The smallest absolute Gasteiger partial charge is 0.373 e. The van der Waals surface area contributed by atoms with E-state index >= 15 is 0 Å². The topological polar surface area (TPSA) is 36.9 Å². The van der Waals surface area contributed by atoms with E-state index in [1.165, 1.54) is 0 Å². The summed E-state index contributed by atoms with van der Waals surface area (Å²) in [6.07, 6.45) is 2.08. The van der Waals surface area contributed by atoms with Gasteiger partial charge in [0.15, 0.2) is 0 Å². The molecule has 0 aliphatic heterocycles. The number of hydrogen-bond donors (Lipinski definition) is 0. The van der Waals surface area contributed by atoms with E-state index in [4.69, 9.17) is 18.0 Å². The Morgan fingerprint density at radius 1 is 1.00 bits per heavy atom. The zero-order chi connectivity index (χ0) is 11.6. The van der Waals surface area contributed by atoms with Crippen molar-refractivity contribution in [3.05, 3.63) is 12.7 Å². The van der Waals surface area contributed by atoms with E-state index in [0.717, 1.165) is 0 Å². The van der Waals surface area contributed by atoms with E-state index in [-0.39, 0.29) is 0 Å². The first-order valence-electron chi connectivity index (χ1n) is 5.35. The standard InChI is InChI=1S/C10H22O4Si/c1-5-9-11-10-15(12-6-2,13-7-3)14-8-4/h5H,1,6-10H2,2-4H3. The second kappa shape index (κ2) is 9.05. The van der Waals surface area contributed by atoms with Crippen LogP contribution in [0.3, 0.4) is 0 Å². The van der Waals surface area contributed by atoms with E-state index in [0.29, 0.717) is 32.7 Å². The van der Waals surface area contributed by atoms with Crippen LogP contribution in [0.1, 0.15) is 20.8 Å². The van der Waals surface area contributed by atoms with E-state index in [1.807, 2.05) is 20.8 Å². The maximum atomic E-state index is 5.59.